The smallest absolute Gasteiger partial charge is 0.335 e. The van der Waals surface area contributed by atoms with Crippen LogP contribution in [0.3, 0.4) is 0 Å². The Morgan fingerprint density at radius 2 is 1.77 bits per heavy atom. The molecule has 0 spiro atoms. The number of nitrogens with one attached hydrogen (secondary N) is 1. The number of barbiturate groups is 1. The third-order valence-corrected chi connectivity index (χ3v) is 5.13. The number of urea groups is 1. The number of rotatable bonds is 5. The predicted molar refractivity (Wildman–Crippen MR) is 114 cm³/mol. The summed E-state index contributed by atoms with van der Waals surface area (Å²) >= 11 is 0. The third-order valence-electron chi connectivity index (χ3n) is 5.13. The van der Waals surface area contributed by atoms with Gasteiger partial charge in [0, 0.05) is 22.7 Å². The number of aryl methyl sites for hydroxylation is 1. The van der Waals surface area contributed by atoms with E-state index in [0.29, 0.717) is 22.2 Å². The first-order valence-corrected chi connectivity index (χ1v) is 9.69. The predicted octanol–water partition coefficient (Wildman–Crippen LogP) is 2.95. The number of carboxylic acids is 1. The van der Waals surface area contributed by atoms with E-state index >= 15 is 0 Å². The molecule has 0 aliphatic carbocycles. The fourth-order valence-electron chi connectivity index (χ4n) is 3.59. The number of para-hydroxylation sites is 1. The van der Waals surface area contributed by atoms with Crippen LogP contribution in [-0.2, 0) is 27.3 Å². The quantitative estimate of drug-likeness (QED) is 0.490. The molecule has 8 nitrogen and oxygen atoms in total. The summed E-state index contributed by atoms with van der Waals surface area (Å²) in [5.74, 6) is -2.56. The first-order valence-electron chi connectivity index (χ1n) is 9.69. The Hall–Kier alpha value is -4.20. The van der Waals surface area contributed by atoms with Crippen LogP contribution in [-0.4, -0.2) is 33.5 Å². The van der Waals surface area contributed by atoms with E-state index in [1.807, 2.05) is 19.1 Å². The zero-order chi connectivity index (χ0) is 22.1. The van der Waals surface area contributed by atoms with Crippen LogP contribution in [0.4, 0.5) is 10.5 Å². The first-order chi connectivity index (χ1) is 14.9. The number of hydrogen-bond donors (Lipinski definition) is 2. The standard InChI is InChI=1S/C23H19N3O5/c1-2-14-7-9-16(10-8-14)26-22(30)18(21(29)24-23(26)31)11-15-12-25(13-20(27)28)19-6-4-3-5-17(15)19/h3-12H,2,13H2,1H3,(H,27,28)(H,24,29,31)/b18-11-. The number of carbonyl (C=O) groups is 4. The number of anilines is 1. The van der Waals surface area contributed by atoms with Crippen LogP contribution in [0.15, 0.2) is 60.3 Å². The molecule has 2 heterocycles. The van der Waals surface area contributed by atoms with E-state index in [9.17, 15) is 19.2 Å². The Morgan fingerprint density at radius 1 is 1.06 bits per heavy atom. The maximum atomic E-state index is 13.1. The van der Waals surface area contributed by atoms with E-state index < -0.39 is 23.8 Å². The average Bonchev–Trinajstić information content (AvgIpc) is 3.08. The molecule has 2 N–H and O–H groups in total. The Morgan fingerprint density at radius 3 is 2.45 bits per heavy atom. The van der Waals surface area contributed by atoms with Crippen molar-refractivity contribution in [2.75, 3.05) is 4.90 Å². The van der Waals surface area contributed by atoms with Gasteiger partial charge in [-0.2, -0.15) is 0 Å². The van der Waals surface area contributed by atoms with Crippen molar-refractivity contribution in [1.29, 1.82) is 0 Å². The summed E-state index contributed by atoms with van der Waals surface area (Å²) in [5, 5.41) is 12.1. The lowest BCUT2D eigenvalue weighted by Gasteiger charge is -2.26. The Labute approximate surface area is 177 Å². The van der Waals surface area contributed by atoms with Gasteiger partial charge in [0.05, 0.1) is 5.69 Å². The van der Waals surface area contributed by atoms with E-state index in [4.69, 9.17) is 5.11 Å². The minimum atomic E-state index is -1.02. The molecule has 2 aromatic carbocycles. The van der Waals surface area contributed by atoms with E-state index in [0.717, 1.165) is 16.9 Å². The maximum absolute atomic E-state index is 13.1. The van der Waals surface area contributed by atoms with Crippen LogP contribution in [0, 0.1) is 0 Å². The number of aliphatic carboxylic acids is 1. The van der Waals surface area contributed by atoms with Crippen LogP contribution in [0.2, 0.25) is 0 Å². The second-order valence-corrected chi connectivity index (χ2v) is 7.10. The minimum absolute atomic E-state index is 0.211. The molecule has 4 amide bonds. The molecule has 0 radical (unpaired) electrons. The minimum Gasteiger partial charge on any atom is -0.480 e. The molecular weight excluding hydrogens is 398 g/mol. The first kappa shape index (κ1) is 20.1. The molecule has 1 aliphatic heterocycles. The van der Waals surface area contributed by atoms with Gasteiger partial charge in [-0.05, 0) is 36.3 Å². The van der Waals surface area contributed by atoms with Gasteiger partial charge in [-0.15, -0.1) is 0 Å². The monoisotopic (exact) mass is 417 g/mol. The van der Waals surface area contributed by atoms with Crippen molar-refractivity contribution in [3.8, 4) is 0 Å². The van der Waals surface area contributed by atoms with Crippen molar-refractivity contribution < 1.29 is 24.3 Å². The Balaban J connectivity index is 1.78. The fourth-order valence-corrected chi connectivity index (χ4v) is 3.59. The average molecular weight is 417 g/mol. The van der Waals surface area contributed by atoms with Gasteiger partial charge in [0.15, 0.2) is 0 Å². The van der Waals surface area contributed by atoms with Crippen LogP contribution in [0.25, 0.3) is 17.0 Å². The molecule has 0 unspecified atom stereocenters. The van der Waals surface area contributed by atoms with Crippen LogP contribution in [0.1, 0.15) is 18.1 Å². The summed E-state index contributed by atoms with van der Waals surface area (Å²) in [4.78, 5) is 50.1. The normalized spacial score (nSPS) is 15.6. The van der Waals surface area contributed by atoms with Gasteiger partial charge >= 0.3 is 12.0 Å². The summed E-state index contributed by atoms with van der Waals surface area (Å²) in [6, 6.07) is 13.2. The maximum Gasteiger partial charge on any atom is 0.335 e. The second kappa shape index (κ2) is 7.91. The van der Waals surface area contributed by atoms with Crippen molar-refractivity contribution in [1.82, 2.24) is 9.88 Å². The second-order valence-electron chi connectivity index (χ2n) is 7.10. The highest BCUT2D eigenvalue weighted by Crippen LogP contribution is 2.27. The number of carboxylic acid groups (broad SMARTS) is 1. The van der Waals surface area contributed by atoms with Gasteiger partial charge in [-0.1, -0.05) is 37.3 Å². The highest BCUT2D eigenvalue weighted by atomic mass is 16.4. The highest BCUT2D eigenvalue weighted by Gasteiger charge is 2.37. The number of fused-ring (bicyclic) bond motifs is 1. The molecule has 0 saturated carbocycles. The lowest BCUT2D eigenvalue weighted by Crippen LogP contribution is -2.54. The van der Waals surface area contributed by atoms with Crippen molar-refractivity contribution in [3.63, 3.8) is 0 Å². The summed E-state index contributed by atoms with van der Waals surface area (Å²) in [6.07, 6.45) is 3.77. The van der Waals surface area contributed by atoms with E-state index in [1.54, 1.807) is 42.6 Å². The lowest BCUT2D eigenvalue weighted by molar-refractivity contribution is -0.137. The number of aromatic nitrogens is 1. The molecule has 0 bridgehead atoms. The number of carbonyl (C=O) groups excluding carboxylic acids is 3. The SMILES string of the molecule is CCc1ccc(N2C(=O)NC(=O)/C(=C/c3cn(CC(=O)O)c4ccccc34)C2=O)cc1. The molecule has 31 heavy (non-hydrogen) atoms. The topological polar surface area (TPSA) is 109 Å². The van der Waals surface area contributed by atoms with Gasteiger partial charge in [0.1, 0.15) is 12.1 Å². The molecule has 3 aromatic rings. The van der Waals surface area contributed by atoms with E-state index in [2.05, 4.69) is 5.32 Å². The van der Waals surface area contributed by atoms with E-state index in [1.165, 1.54) is 10.6 Å². The third kappa shape index (κ3) is 3.71. The van der Waals surface area contributed by atoms with E-state index in [-0.39, 0.29) is 12.1 Å². The molecule has 8 heteroatoms. The van der Waals surface area contributed by atoms with Crippen molar-refractivity contribution in [2.45, 2.75) is 19.9 Å². The van der Waals surface area contributed by atoms with Gasteiger partial charge in [0.25, 0.3) is 11.8 Å². The van der Waals surface area contributed by atoms with Gasteiger partial charge < -0.3 is 9.67 Å². The zero-order valence-corrected chi connectivity index (χ0v) is 16.7. The van der Waals surface area contributed by atoms with Crippen molar-refractivity contribution in [3.05, 3.63) is 71.4 Å². The molecule has 0 atom stereocenters. The van der Waals surface area contributed by atoms with Crippen LogP contribution in [0.5, 0.6) is 0 Å². The zero-order valence-electron chi connectivity index (χ0n) is 16.7. The summed E-state index contributed by atoms with van der Waals surface area (Å²) in [6.45, 7) is 1.73. The number of benzene rings is 2. The number of imide groups is 2. The molecule has 1 saturated heterocycles. The fraction of sp³-hybridized carbons (Fsp3) is 0.130. The number of amides is 4. The Kier molecular flexibility index (Phi) is 5.12. The summed E-state index contributed by atoms with van der Waals surface area (Å²) in [7, 11) is 0. The lowest BCUT2D eigenvalue weighted by atomic mass is 10.1. The van der Waals surface area contributed by atoms with Gasteiger partial charge in [0.2, 0.25) is 0 Å². The molecule has 156 valence electrons. The highest BCUT2D eigenvalue weighted by molar-refractivity contribution is 6.39. The van der Waals surface area contributed by atoms with Gasteiger partial charge in [-0.3, -0.25) is 19.7 Å². The van der Waals surface area contributed by atoms with Crippen LogP contribution >= 0.6 is 0 Å². The summed E-state index contributed by atoms with van der Waals surface area (Å²) in [5.41, 5.74) is 2.35. The summed E-state index contributed by atoms with van der Waals surface area (Å²) < 4.78 is 1.53. The molecular formula is C23H19N3O5. The van der Waals surface area contributed by atoms with Gasteiger partial charge in [-0.25, -0.2) is 9.69 Å². The van der Waals surface area contributed by atoms with Crippen molar-refractivity contribution >= 4 is 46.5 Å². The van der Waals surface area contributed by atoms with Crippen molar-refractivity contribution in [2.24, 2.45) is 0 Å². The Bertz CT molecular complexity index is 1250. The largest absolute Gasteiger partial charge is 0.480 e. The number of hydrogen-bond acceptors (Lipinski definition) is 4. The molecule has 4 rings (SSSR count). The molecule has 1 fully saturated rings. The van der Waals surface area contributed by atoms with Crippen LogP contribution < -0.4 is 10.2 Å². The number of nitrogens with zero attached hydrogens (tertiary/aromatic N) is 2. The molecule has 1 aromatic heterocycles. The molecule has 1 aliphatic rings.